The van der Waals surface area contributed by atoms with E-state index in [1.165, 1.54) is 19.2 Å². The number of hydrogen-bond acceptors (Lipinski definition) is 5. The van der Waals surface area contributed by atoms with Crippen molar-refractivity contribution in [2.45, 2.75) is 19.9 Å². The molecular formula is C15H19N5O3. The number of urea groups is 1. The lowest BCUT2D eigenvalue weighted by Crippen LogP contribution is -2.30. The van der Waals surface area contributed by atoms with Crippen molar-refractivity contribution in [3.05, 3.63) is 46.4 Å². The molecule has 0 aliphatic rings. The molecule has 0 aliphatic heterocycles. The molecule has 0 fully saturated rings. The number of nitrogens with zero attached hydrogens (tertiary/aromatic N) is 3. The monoisotopic (exact) mass is 317 g/mol. The van der Waals surface area contributed by atoms with E-state index in [-0.39, 0.29) is 5.56 Å². The van der Waals surface area contributed by atoms with Crippen LogP contribution in [0.3, 0.4) is 0 Å². The van der Waals surface area contributed by atoms with Gasteiger partial charge in [-0.2, -0.15) is 5.10 Å². The first-order valence-corrected chi connectivity index (χ1v) is 7.25. The molecule has 0 unspecified atom stereocenters. The highest BCUT2D eigenvalue weighted by Crippen LogP contribution is 2.07. The smallest absolute Gasteiger partial charge is 0.320 e. The van der Waals surface area contributed by atoms with Crippen molar-refractivity contribution >= 4 is 11.8 Å². The van der Waals surface area contributed by atoms with Gasteiger partial charge in [-0.05, 0) is 18.1 Å². The number of amides is 2. The van der Waals surface area contributed by atoms with E-state index in [1.807, 2.05) is 13.0 Å². The number of carbonyl (C=O) groups excluding carboxylic acids is 1. The van der Waals surface area contributed by atoms with Gasteiger partial charge in [0.05, 0.1) is 6.61 Å². The summed E-state index contributed by atoms with van der Waals surface area (Å²) in [6.07, 6.45) is 2.57. The Morgan fingerprint density at radius 2 is 2.13 bits per heavy atom. The van der Waals surface area contributed by atoms with Gasteiger partial charge in [0.25, 0.3) is 5.56 Å². The Kier molecular flexibility index (Phi) is 5.67. The molecule has 0 spiro atoms. The van der Waals surface area contributed by atoms with Crippen LogP contribution in [0.2, 0.25) is 0 Å². The molecule has 2 rings (SSSR count). The summed E-state index contributed by atoms with van der Waals surface area (Å²) < 4.78 is 6.54. The average Bonchev–Trinajstić information content (AvgIpc) is 2.55. The Labute approximate surface area is 133 Å². The zero-order valence-corrected chi connectivity index (χ0v) is 13.1. The maximum atomic E-state index is 11.8. The minimum absolute atomic E-state index is 0.243. The predicted octanol–water partition coefficient (Wildman–Crippen LogP) is 1.29. The number of hydrogen-bond donors (Lipinski definition) is 2. The van der Waals surface area contributed by atoms with E-state index in [9.17, 15) is 9.59 Å². The highest BCUT2D eigenvalue weighted by molar-refractivity contribution is 5.87. The number of ether oxygens (including phenoxy) is 1. The van der Waals surface area contributed by atoms with Crippen LogP contribution in [0.5, 0.6) is 5.88 Å². The van der Waals surface area contributed by atoms with Crippen molar-refractivity contribution in [1.82, 2.24) is 20.1 Å². The van der Waals surface area contributed by atoms with Gasteiger partial charge in [-0.1, -0.05) is 13.0 Å². The lowest BCUT2D eigenvalue weighted by Gasteiger charge is -2.08. The molecule has 2 N–H and O–H groups in total. The van der Waals surface area contributed by atoms with Crippen LogP contribution >= 0.6 is 0 Å². The lowest BCUT2D eigenvalue weighted by molar-refractivity contribution is 0.251. The van der Waals surface area contributed by atoms with E-state index in [4.69, 9.17) is 4.74 Å². The van der Waals surface area contributed by atoms with Crippen LogP contribution in [0.25, 0.3) is 0 Å². The third-order valence-corrected chi connectivity index (χ3v) is 2.91. The first-order chi connectivity index (χ1) is 11.1. The molecule has 2 heterocycles. The van der Waals surface area contributed by atoms with Gasteiger partial charge in [0, 0.05) is 31.9 Å². The van der Waals surface area contributed by atoms with Gasteiger partial charge in [-0.3, -0.25) is 10.1 Å². The zero-order valence-electron chi connectivity index (χ0n) is 13.1. The number of aryl methyl sites for hydroxylation is 1. The number of aromatic nitrogens is 3. The Balaban J connectivity index is 1.83. The number of nitrogens with one attached hydrogen (secondary N) is 2. The van der Waals surface area contributed by atoms with E-state index < -0.39 is 6.03 Å². The van der Waals surface area contributed by atoms with Gasteiger partial charge < -0.3 is 10.1 Å². The van der Waals surface area contributed by atoms with Gasteiger partial charge in [0.2, 0.25) is 5.88 Å². The standard InChI is InChI=1S/C15H19N5O3/c1-3-8-23-13-6-4-11(9-16-13)10-17-15(22)18-12-5-7-14(21)20(2)19-12/h4-7,9H,3,8,10H2,1-2H3,(H2,17,18,19,22). The molecule has 0 aromatic carbocycles. The molecule has 23 heavy (non-hydrogen) atoms. The molecule has 8 heteroatoms. The van der Waals surface area contributed by atoms with Gasteiger partial charge in [-0.15, -0.1) is 0 Å². The molecular weight excluding hydrogens is 298 g/mol. The van der Waals surface area contributed by atoms with Crippen molar-refractivity contribution in [3.8, 4) is 5.88 Å². The van der Waals surface area contributed by atoms with Crippen molar-refractivity contribution in [2.75, 3.05) is 11.9 Å². The highest BCUT2D eigenvalue weighted by Gasteiger charge is 2.04. The molecule has 2 aromatic heterocycles. The number of anilines is 1. The zero-order chi connectivity index (χ0) is 16.7. The fourth-order valence-electron chi connectivity index (χ4n) is 1.72. The van der Waals surface area contributed by atoms with Crippen molar-refractivity contribution < 1.29 is 9.53 Å². The summed E-state index contributed by atoms with van der Waals surface area (Å²) in [5.74, 6) is 0.862. The second kappa shape index (κ2) is 7.92. The summed E-state index contributed by atoms with van der Waals surface area (Å²) in [6, 6.07) is 5.97. The van der Waals surface area contributed by atoms with E-state index in [0.717, 1.165) is 16.7 Å². The van der Waals surface area contributed by atoms with Gasteiger partial charge in [0.1, 0.15) is 0 Å². The summed E-state index contributed by atoms with van der Waals surface area (Å²) in [6.45, 7) is 2.97. The summed E-state index contributed by atoms with van der Waals surface area (Å²) >= 11 is 0. The number of rotatable bonds is 6. The molecule has 2 amide bonds. The second-order valence-corrected chi connectivity index (χ2v) is 4.84. The molecule has 0 atom stereocenters. The van der Waals surface area contributed by atoms with Crippen LogP contribution in [0.1, 0.15) is 18.9 Å². The van der Waals surface area contributed by atoms with E-state index in [2.05, 4.69) is 20.7 Å². The van der Waals surface area contributed by atoms with E-state index in [0.29, 0.717) is 24.8 Å². The quantitative estimate of drug-likeness (QED) is 0.836. The van der Waals surface area contributed by atoms with Crippen LogP contribution < -0.4 is 20.9 Å². The maximum absolute atomic E-state index is 11.8. The first kappa shape index (κ1) is 16.5. The summed E-state index contributed by atoms with van der Waals surface area (Å²) in [4.78, 5) is 27.2. The predicted molar refractivity (Wildman–Crippen MR) is 85.4 cm³/mol. The van der Waals surface area contributed by atoms with E-state index >= 15 is 0 Å². The normalized spacial score (nSPS) is 10.2. The molecule has 2 aromatic rings. The fraction of sp³-hybridized carbons (Fsp3) is 0.333. The molecule has 0 aliphatic carbocycles. The lowest BCUT2D eigenvalue weighted by atomic mass is 10.3. The van der Waals surface area contributed by atoms with Gasteiger partial charge in [-0.25, -0.2) is 14.5 Å². The molecule has 0 saturated carbocycles. The van der Waals surface area contributed by atoms with E-state index in [1.54, 1.807) is 12.3 Å². The Morgan fingerprint density at radius 3 is 2.78 bits per heavy atom. The summed E-state index contributed by atoms with van der Waals surface area (Å²) in [5.41, 5.74) is 0.602. The maximum Gasteiger partial charge on any atom is 0.320 e. The summed E-state index contributed by atoms with van der Waals surface area (Å²) in [5, 5.41) is 9.15. The largest absolute Gasteiger partial charge is 0.478 e. The van der Waals surface area contributed by atoms with Crippen LogP contribution in [0.15, 0.2) is 35.3 Å². The van der Waals surface area contributed by atoms with Crippen molar-refractivity contribution in [3.63, 3.8) is 0 Å². The Hall–Kier alpha value is -2.90. The Bertz CT molecular complexity index is 712. The molecule has 0 saturated heterocycles. The molecule has 0 radical (unpaired) electrons. The van der Waals surface area contributed by atoms with Crippen LogP contribution in [0.4, 0.5) is 10.6 Å². The molecule has 0 bridgehead atoms. The van der Waals surface area contributed by atoms with Gasteiger partial charge >= 0.3 is 6.03 Å². The van der Waals surface area contributed by atoms with Crippen LogP contribution in [-0.4, -0.2) is 27.4 Å². The van der Waals surface area contributed by atoms with Crippen molar-refractivity contribution in [1.29, 1.82) is 0 Å². The number of pyridine rings is 1. The molecule has 8 nitrogen and oxygen atoms in total. The fourth-order valence-corrected chi connectivity index (χ4v) is 1.72. The minimum atomic E-state index is -0.414. The SMILES string of the molecule is CCCOc1ccc(CNC(=O)Nc2ccc(=O)n(C)n2)cn1. The first-order valence-electron chi connectivity index (χ1n) is 7.25. The Morgan fingerprint density at radius 1 is 1.30 bits per heavy atom. The number of carbonyl (C=O) groups is 1. The summed E-state index contributed by atoms with van der Waals surface area (Å²) in [7, 11) is 1.51. The van der Waals surface area contributed by atoms with Crippen LogP contribution in [0, 0.1) is 0 Å². The molecule has 122 valence electrons. The average molecular weight is 317 g/mol. The topological polar surface area (TPSA) is 98.1 Å². The third-order valence-electron chi connectivity index (χ3n) is 2.91. The van der Waals surface area contributed by atoms with Gasteiger partial charge in [0.15, 0.2) is 5.82 Å². The van der Waals surface area contributed by atoms with Crippen LogP contribution in [-0.2, 0) is 13.6 Å². The third kappa shape index (κ3) is 5.10. The minimum Gasteiger partial charge on any atom is -0.478 e. The highest BCUT2D eigenvalue weighted by atomic mass is 16.5. The second-order valence-electron chi connectivity index (χ2n) is 4.84. The van der Waals surface area contributed by atoms with Crippen molar-refractivity contribution in [2.24, 2.45) is 7.05 Å².